The molecule has 5 nitrogen and oxygen atoms in total. The number of ether oxygens (including phenoxy) is 1. The molecule has 0 N–H and O–H groups in total. The van der Waals surface area contributed by atoms with Crippen LogP contribution in [-0.2, 0) is 0 Å². The Labute approximate surface area is 167 Å². The van der Waals surface area contributed by atoms with E-state index in [2.05, 4.69) is 4.98 Å². The van der Waals surface area contributed by atoms with Crippen LogP contribution in [0, 0.1) is 17.1 Å². The largest absolute Gasteiger partial charge is 0.495 e. The van der Waals surface area contributed by atoms with E-state index in [9.17, 15) is 9.18 Å². The maximum absolute atomic E-state index is 14.1. The fourth-order valence-corrected chi connectivity index (χ4v) is 4.57. The first-order chi connectivity index (χ1) is 13.5. The number of pyridine rings is 1. The van der Waals surface area contributed by atoms with Crippen LogP contribution in [0.4, 0.5) is 4.39 Å². The maximum Gasteiger partial charge on any atom is 0.273 e. The van der Waals surface area contributed by atoms with Gasteiger partial charge in [-0.1, -0.05) is 17.7 Å². The van der Waals surface area contributed by atoms with Gasteiger partial charge in [0.25, 0.3) is 5.91 Å². The molecule has 3 heterocycles. The summed E-state index contributed by atoms with van der Waals surface area (Å²) in [7, 11) is 1.46. The molecule has 4 rings (SSSR count). The van der Waals surface area contributed by atoms with Crippen LogP contribution in [0.15, 0.2) is 24.3 Å². The van der Waals surface area contributed by atoms with Gasteiger partial charge in [-0.2, -0.15) is 5.26 Å². The fourth-order valence-electron chi connectivity index (χ4n) is 4.29. The van der Waals surface area contributed by atoms with E-state index in [1.54, 1.807) is 18.2 Å². The number of fused-ring (bicyclic) bond motifs is 2. The molecule has 0 aliphatic carbocycles. The molecule has 2 unspecified atom stereocenters. The van der Waals surface area contributed by atoms with Crippen molar-refractivity contribution in [3.8, 4) is 23.1 Å². The summed E-state index contributed by atoms with van der Waals surface area (Å²) in [5.41, 5.74) is 0.817. The Balaban J connectivity index is 1.78. The Hall–Kier alpha value is -2.65. The molecule has 7 heteroatoms. The molecule has 1 aromatic heterocycles. The zero-order valence-corrected chi connectivity index (χ0v) is 16.2. The van der Waals surface area contributed by atoms with Crippen LogP contribution in [0.1, 0.15) is 48.2 Å². The van der Waals surface area contributed by atoms with Gasteiger partial charge in [0, 0.05) is 23.7 Å². The summed E-state index contributed by atoms with van der Waals surface area (Å²) in [6, 6.07) is 7.97. The number of hydrogen-bond acceptors (Lipinski definition) is 4. The predicted octanol–water partition coefficient (Wildman–Crippen LogP) is 4.58. The third-order valence-electron chi connectivity index (χ3n) is 5.66. The average molecular weight is 400 g/mol. The van der Waals surface area contributed by atoms with E-state index in [-0.39, 0.29) is 40.0 Å². The Bertz CT molecular complexity index is 972. The van der Waals surface area contributed by atoms with E-state index in [0.29, 0.717) is 11.3 Å². The molecule has 2 saturated heterocycles. The number of nitriles is 1. The molecule has 2 fully saturated rings. The first-order valence-corrected chi connectivity index (χ1v) is 9.68. The number of carbonyl (C=O) groups is 1. The molecule has 2 aliphatic heterocycles. The Kier molecular flexibility index (Phi) is 4.94. The lowest BCUT2D eigenvalue weighted by Gasteiger charge is -2.34. The van der Waals surface area contributed by atoms with Gasteiger partial charge in [-0.15, -0.1) is 0 Å². The summed E-state index contributed by atoms with van der Waals surface area (Å²) in [5, 5.41) is 9.13. The van der Waals surface area contributed by atoms with Crippen LogP contribution in [0.25, 0.3) is 11.3 Å². The number of methoxy groups -OCH3 is 1. The second-order valence-corrected chi connectivity index (χ2v) is 7.59. The van der Waals surface area contributed by atoms with Crippen LogP contribution in [0.5, 0.6) is 5.75 Å². The van der Waals surface area contributed by atoms with Crippen LogP contribution >= 0.6 is 11.6 Å². The zero-order chi connectivity index (χ0) is 19.8. The summed E-state index contributed by atoms with van der Waals surface area (Å²) in [6.07, 6.45) is 5.22. The molecule has 1 aromatic carbocycles. The fraction of sp³-hybridized carbons (Fsp3) is 0.381. The second-order valence-electron chi connectivity index (χ2n) is 7.21. The van der Waals surface area contributed by atoms with Gasteiger partial charge in [-0.25, -0.2) is 9.37 Å². The molecule has 28 heavy (non-hydrogen) atoms. The Morgan fingerprint density at radius 2 is 2.00 bits per heavy atom. The van der Waals surface area contributed by atoms with Gasteiger partial charge >= 0.3 is 0 Å². The third-order valence-corrected chi connectivity index (χ3v) is 6.02. The highest BCUT2D eigenvalue weighted by Gasteiger charge is 2.40. The summed E-state index contributed by atoms with van der Waals surface area (Å²) < 4.78 is 19.5. The summed E-state index contributed by atoms with van der Waals surface area (Å²) in [4.78, 5) is 19.7. The number of carbonyl (C=O) groups excluding carboxylic acids is 1. The monoisotopic (exact) mass is 399 g/mol. The molecule has 144 valence electrons. The number of rotatable bonds is 3. The normalized spacial score (nSPS) is 20.7. The van der Waals surface area contributed by atoms with Crippen molar-refractivity contribution in [2.45, 2.75) is 44.2 Å². The number of piperidine rings is 1. The van der Waals surface area contributed by atoms with Crippen molar-refractivity contribution in [1.29, 1.82) is 5.26 Å². The number of nitrogens with zero attached hydrogens (tertiary/aromatic N) is 3. The number of benzene rings is 1. The van der Waals surface area contributed by atoms with Gasteiger partial charge in [-0.05, 0) is 44.2 Å². The number of aromatic nitrogens is 1. The quantitative estimate of drug-likeness (QED) is 0.757. The summed E-state index contributed by atoms with van der Waals surface area (Å²) >= 11 is 6.40. The highest BCUT2D eigenvalue weighted by atomic mass is 35.5. The van der Waals surface area contributed by atoms with Crippen LogP contribution in [0.2, 0.25) is 5.02 Å². The number of amides is 1. The van der Waals surface area contributed by atoms with Crippen molar-refractivity contribution in [2.24, 2.45) is 0 Å². The minimum absolute atomic E-state index is 0.0658. The van der Waals surface area contributed by atoms with E-state index in [4.69, 9.17) is 21.6 Å². The van der Waals surface area contributed by atoms with Gasteiger partial charge in [0.15, 0.2) is 0 Å². The second kappa shape index (κ2) is 7.40. The lowest BCUT2D eigenvalue weighted by atomic mass is 10.0. The molecular weight excluding hydrogens is 381 g/mol. The van der Waals surface area contributed by atoms with Crippen molar-refractivity contribution in [1.82, 2.24) is 9.88 Å². The molecule has 2 aromatic rings. The molecule has 2 atom stereocenters. The number of halogens is 2. The topological polar surface area (TPSA) is 66.2 Å². The molecule has 0 spiro atoms. The van der Waals surface area contributed by atoms with Crippen LogP contribution in [0.3, 0.4) is 0 Å². The van der Waals surface area contributed by atoms with Crippen molar-refractivity contribution in [2.75, 3.05) is 7.11 Å². The van der Waals surface area contributed by atoms with Crippen molar-refractivity contribution in [3.05, 3.63) is 46.4 Å². The van der Waals surface area contributed by atoms with Gasteiger partial charge in [0.05, 0.1) is 18.4 Å². The van der Waals surface area contributed by atoms with E-state index in [0.717, 1.165) is 32.1 Å². The molecule has 2 aliphatic rings. The zero-order valence-electron chi connectivity index (χ0n) is 15.4. The maximum atomic E-state index is 14.1. The molecule has 0 radical (unpaired) electrons. The highest BCUT2D eigenvalue weighted by Crippen LogP contribution is 2.39. The molecule has 1 amide bonds. The van der Waals surface area contributed by atoms with E-state index in [1.165, 1.54) is 19.2 Å². The lowest BCUT2D eigenvalue weighted by Crippen LogP contribution is -2.44. The standard InChI is InChI=1S/C21H19ClFN3O2/c1-28-18-10-17(21(27)26-14-3-2-4-15(26)8-7-14)25-20(19(18)22)12-5-6-13(11-24)16(23)9-12/h5-6,9-10,14-15H,2-4,7-8H2,1H3. The smallest absolute Gasteiger partial charge is 0.273 e. The SMILES string of the molecule is COc1cc(C(=O)N2C3CCCC2CC3)nc(-c2ccc(C#N)c(F)c2)c1Cl. The Morgan fingerprint density at radius 1 is 1.29 bits per heavy atom. The van der Waals surface area contributed by atoms with Crippen LogP contribution in [-0.4, -0.2) is 35.0 Å². The predicted molar refractivity (Wildman–Crippen MR) is 103 cm³/mol. The van der Waals surface area contributed by atoms with Crippen molar-refractivity contribution < 1.29 is 13.9 Å². The first-order valence-electron chi connectivity index (χ1n) is 9.30. The third kappa shape index (κ3) is 3.10. The van der Waals surface area contributed by atoms with Crippen LogP contribution < -0.4 is 4.74 Å². The van der Waals surface area contributed by atoms with E-state index >= 15 is 0 Å². The van der Waals surface area contributed by atoms with E-state index < -0.39 is 5.82 Å². The summed E-state index contributed by atoms with van der Waals surface area (Å²) in [6.45, 7) is 0. The van der Waals surface area contributed by atoms with E-state index in [1.807, 2.05) is 4.90 Å². The molecule has 2 bridgehead atoms. The van der Waals surface area contributed by atoms with Gasteiger partial charge in [0.1, 0.15) is 28.4 Å². The highest BCUT2D eigenvalue weighted by molar-refractivity contribution is 6.34. The first kappa shape index (κ1) is 18.7. The van der Waals surface area contributed by atoms with Gasteiger partial charge < -0.3 is 9.64 Å². The van der Waals surface area contributed by atoms with Gasteiger partial charge in [0.2, 0.25) is 0 Å². The average Bonchev–Trinajstić information content (AvgIpc) is 2.95. The minimum atomic E-state index is -0.664. The lowest BCUT2D eigenvalue weighted by molar-refractivity contribution is 0.0589. The van der Waals surface area contributed by atoms with Crippen molar-refractivity contribution in [3.63, 3.8) is 0 Å². The number of hydrogen-bond donors (Lipinski definition) is 0. The Morgan fingerprint density at radius 3 is 2.61 bits per heavy atom. The summed E-state index contributed by atoms with van der Waals surface area (Å²) in [5.74, 6) is -0.496. The molecular formula is C21H19ClFN3O2. The van der Waals surface area contributed by atoms with Crippen molar-refractivity contribution >= 4 is 17.5 Å². The molecule has 0 saturated carbocycles. The minimum Gasteiger partial charge on any atom is -0.495 e. The van der Waals surface area contributed by atoms with Gasteiger partial charge in [-0.3, -0.25) is 4.79 Å².